The summed E-state index contributed by atoms with van der Waals surface area (Å²) in [5.41, 5.74) is 3.92. The first-order chi connectivity index (χ1) is 7.11. The third-order valence-electron chi connectivity index (χ3n) is 1.98. The molecule has 2 atom stereocenters. The molecule has 0 amide bonds. The number of hydrogen-bond donors (Lipinski definition) is 2. The Bertz CT molecular complexity index is 263. The van der Waals surface area contributed by atoms with Crippen molar-refractivity contribution in [2.75, 3.05) is 6.61 Å². The molecule has 0 aliphatic carbocycles. The predicted octanol–water partition coefficient (Wildman–Crippen LogP) is 0.746. The summed E-state index contributed by atoms with van der Waals surface area (Å²) in [6, 6.07) is -1.11. The van der Waals surface area contributed by atoms with Gasteiger partial charge in [0.25, 0.3) is 0 Å². The lowest BCUT2D eigenvalue weighted by molar-refractivity contribution is -0.201. The minimum atomic E-state index is -5.05. The number of rotatable bonds is 5. The van der Waals surface area contributed by atoms with Gasteiger partial charge in [0, 0.05) is 0 Å². The number of nitrogens with two attached hydrogens (primary N) is 1. The second-order valence-corrected chi connectivity index (χ2v) is 3.55. The molecule has 0 saturated carbocycles. The minimum Gasteiger partial charge on any atom is -0.457 e. The molecule has 0 heterocycles. The first-order valence-corrected chi connectivity index (χ1v) is 4.44. The van der Waals surface area contributed by atoms with Gasteiger partial charge in [-0.15, -0.1) is 6.58 Å². The quantitative estimate of drug-likeness (QED) is 0.550. The maximum absolute atomic E-state index is 11.8. The summed E-state index contributed by atoms with van der Waals surface area (Å²) in [7, 11) is 0. The molecule has 0 aliphatic rings. The van der Waals surface area contributed by atoms with E-state index in [-0.39, 0.29) is 6.42 Å². The van der Waals surface area contributed by atoms with Gasteiger partial charge in [0.05, 0.1) is 11.6 Å². The van der Waals surface area contributed by atoms with Crippen LogP contribution in [0.2, 0.25) is 0 Å². The molecule has 16 heavy (non-hydrogen) atoms. The van der Waals surface area contributed by atoms with Gasteiger partial charge < -0.3 is 15.6 Å². The van der Waals surface area contributed by atoms with E-state index >= 15 is 0 Å². The van der Waals surface area contributed by atoms with Crippen LogP contribution in [0.1, 0.15) is 13.3 Å². The summed E-state index contributed by atoms with van der Waals surface area (Å²) in [5.74, 6) is -2.32. The Balaban J connectivity index is 4.22. The standard InChI is InChI=1S/C9H14F3NO3/c1-3-4-8(2,15)6(13)5-16-7(14)9(10,11)12/h3,6,15H,1,4-5,13H2,2H3/t6-,8+/m0/s1. The summed E-state index contributed by atoms with van der Waals surface area (Å²) in [6.07, 6.45) is -3.60. The lowest BCUT2D eigenvalue weighted by atomic mass is 9.94. The van der Waals surface area contributed by atoms with E-state index in [4.69, 9.17) is 5.73 Å². The van der Waals surface area contributed by atoms with Crippen LogP contribution >= 0.6 is 0 Å². The second kappa shape index (κ2) is 5.31. The molecular formula is C9H14F3NO3. The normalized spacial score (nSPS) is 17.4. The fourth-order valence-corrected chi connectivity index (χ4v) is 0.870. The molecule has 0 fully saturated rings. The van der Waals surface area contributed by atoms with Gasteiger partial charge in [0.15, 0.2) is 0 Å². The van der Waals surface area contributed by atoms with E-state index < -0.39 is 30.4 Å². The van der Waals surface area contributed by atoms with Crippen LogP contribution in [-0.2, 0) is 9.53 Å². The number of hydrogen-bond acceptors (Lipinski definition) is 4. The molecule has 0 aromatic heterocycles. The van der Waals surface area contributed by atoms with Crippen LogP contribution < -0.4 is 5.73 Å². The predicted molar refractivity (Wildman–Crippen MR) is 50.4 cm³/mol. The van der Waals surface area contributed by atoms with Crippen LogP contribution in [0.3, 0.4) is 0 Å². The maximum Gasteiger partial charge on any atom is 0.490 e. The van der Waals surface area contributed by atoms with Crippen molar-refractivity contribution in [1.29, 1.82) is 0 Å². The van der Waals surface area contributed by atoms with E-state index in [0.29, 0.717) is 0 Å². The highest BCUT2D eigenvalue weighted by atomic mass is 19.4. The Morgan fingerprint density at radius 3 is 2.50 bits per heavy atom. The van der Waals surface area contributed by atoms with Crippen molar-refractivity contribution in [3.63, 3.8) is 0 Å². The number of aliphatic hydroxyl groups is 1. The molecule has 0 spiro atoms. The number of esters is 1. The third kappa shape index (κ3) is 4.63. The van der Waals surface area contributed by atoms with Crippen molar-refractivity contribution in [2.45, 2.75) is 31.2 Å². The number of ether oxygens (including phenoxy) is 1. The maximum atomic E-state index is 11.8. The summed E-state index contributed by atoms with van der Waals surface area (Å²) in [6.45, 7) is 3.97. The number of halogens is 3. The zero-order chi connectivity index (χ0) is 13.0. The second-order valence-electron chi connectivity index (χ2n) is 3.55. The molecule has 0 aromatic carbocycles. The lowest BCUT2D eigenvalue weighted by Gasteiger charge is -2.28. The highest BCUT2D eigenvalue weighted by Crippen LogP contribution is 2.18. The van der Waals surface area contributed by atoms with Crippen LogP contribution in [0.25, 0.3) is 0 Å². The first-order valence-electron chi connectivity index (χ1n) is 4.44. The Morgan fingerprint density at radius 2 is 2.12 bits per heavy atom. The average Bonchev–Trinajstić information content (AvgIpc) is 2.11. The Morgan fingerprint density at radius 1 is 1.62 bits per heavy atom. The summed E-state index contributed by atoms with van der Waals surface area (Å²) in [4.78, 5) is 10.3. The van der Waals surface area contributed by atoms with Crippen molar-refractivity contribution in [2.24, 2.45) is 5.73 Å². The Kier molecular flexibility index (Phi) is 4.95. The molecule has 7 heteroatoms. The van der Waals surface area contributed by atoms with Gasteiger partial charge in [-0.3, -0.25) is 0 Å². The van der Waals surface area contributed by atoms with E-state index in [2.05, 4.69) is 11.3 Å². The Hall–Kier alpha value is -1.08. The van der Waals surface area contributed by atoms with E-state index in [9.17, 15) is 23.1 Å². The fourth-order valence-electron chi connectivity index (χ4n) is 0.870. The fraction of sp³-hybridized carbons (Fsp3) is 0.667. The third-order valence-corrected chi connectivity index (χ3v) is 1.98. The van der Waals surface area contributed by atoms with Gasteiger partial charge in [-0.2, -0.15) is 13.2 Å². The van der Waals surface area contributed by atoms with Gasteiger partial charge >= 0.3 is 12.1 Å². The summed E-state index contributed by atoms with van der Waals surface area (Å²) in [5, 5.41) is 9.63. The lowest BCUT2D eigenvalue weighted by Crippen LogP contribution is -2.49. The smallest absolute Gasteiger partial charge is 0.457 e. The molecule has 3 N–H and O–H groups in total. The molecule has 0 aliphatic heterocycles. The van der Waals surface area contributed by atoms with Crippen molar-refractivity contribution < 1.29 is 27.8 Å². The van der Waals surface area contributed by atoms with E-state index in [1.54, 1.807) is 0 Å². The van der Waals surface area contributed by atoms with E-state index in [1.807, 2.05) is 0 Å². The van der Waals surface area contributed by atoms with Gasteiger partial charge in [0.1, 0.15) is 6.61 Å². The van der Waals surface area contributed by atoms with Crippen molar-refractivity contribution in [3.05, 3.63) is 12.7 Å². The summed E-state index contributed by atoms with van der Waals surface area (Å²) >= 11 is 0. The van der Waals surface area contributed by atoms with Crippen LogP contribution in [0.5, 0.6) is 0 Å². The molecule has 0 saturated heterocycles. The molecule has 0 bridgehead atoms. The van der Waals surface area contributed by atoms with Crippen LogP contribution in [0.15, 0.2) is 12.7 Å². The van der Waals surface area contributed by atoms with Crippen molar-refractivity contribution in [1.82, 2.24) is 0 Å². The van der Waals surface area contributed by atoms with Crippen LogP contribution in [0, 0.1) is 0 Å². The van der Waals surface area contributed by atoms with E-state index in [0.717, 1.165) is 0 Å². The summed E-state index contributed by atoms with van der Waals surface area (Å²) < 4.78 is 39.2. The van der Waals surface area contributed by atoms with Crippen molar-refractivity contribution >= 4 is 5.97 Å². The first kappa shape index (κ1) is 14.9. The zero-order valence-corrected chi connectivity index (χ0v) is 8.75. The minimum absolute atomic E-state index is 0.0811. The average molecular weight is 241 g/mol. The molecule has 0 radical (unpaired) electrons. The number of carbonyl (C=O) groups excluding carboxylic acids is 1. The van der Waals surface area contributed by atoms with Crippen LogP contribution in [-0.4, -0.2) is 35.5 Å². The number of carbonyl (C=O) groups is 1. The van der Waals surface area contributed by atoms with Gasteiger partial charge in [-0.05, 0) is 13.3 Å². The van der Waals surface area contributed by atoms with Gasteiger partial charge in [-0.25, -0.2) is 4.79 Å². The molecule has 0 rings (SSSR count). The zero-order valence-electron chi connectivity index (χ0n) is 8.75. The molecule has 0 unspecified atom stereocenters. The SMILES string of the molecule is C=CC[C@@](C)(O)[C@@H](N)COC(=O)C(F)(F)F. The van der Waals surface area contributed by atoms with E-state index in [1.165, 1.54) is 13.0 Å². The molecular weight excluding hydrogens is 227 g/mol. The van der Waals surface area contributed by atoms with Gasteiger partial charge in [-0.1, -0.05) is 6.08 Å². The monoisotopic (exact) mass is 241 g/mol. The van der Waals surface area contributed by atoms with Crippen LogP contribution in [0.4, 0.5) is 13.2 Å². The number of alkyl halides is 3. The molecule has 4 nitrogen and oxygen atoms in total. The largest absolute Gasteiger partial charge is 0.490 e. The van der Waals surface area contributed by atoms with Crippen molar-refractivity contribution in [3.8, 4) is 0 Å². The Labute approximate surface area is 90.9 Å². The molecule has 0 aromatic rings. The molecule has 94 valence electrons. The van der Waals surface area contributed by atoms with Gasteiger partial charge in [0.2, 0.25) is 0 Å². The topological polar surface area (TPSA) is 72.6 Å². The highest BCUT2D eigenvalue weighted by Gasteiger charge is 2.41. The highest BCUT2D eigenvalue weighted by molar-refractivity contribution is 5.75.